The van der Waals surface area contributed by atoms with Gasteiger partial charge < -0.3 is 5.32 Å². The van der Waals surface area contributed by atoms with Crippen LogP contribution in [0.3, 0.4) is 0 Å². The Morgan fingerprint density at radius 2 is 1.93 bits per heavy atom. The first-order valence-corrected chi connectivity index (χ1v) is 6.99. The van der Waals surface area contributed by atoms with Crippen molar-refractivity contribution < 1.29 is 0 Å². The maximum absolute atomic E-state index is 3.90. The fourth-order valence-corrected chi connectivity index (χ4v) is 4.28. The molecular formula is C14H25N. The van der Waals surface area contributed by atoms with Gasteiger partial charge in [0.15, 0.2) is 0 Å². The van der Waals surface area contributed by atoms with Crippen LogP contribution in [-0.2, 0) is 0 Å². The van der Waals surface area contributed by atoms with E-state index in [-0.39, 0.29) is 0 Å². The van der Waals surface area contributed by atoms with Crippen LogP contribution in [0.1, 0.15) is 58.3 Å². The summed E-state index contributed by atoms with van der Waals surface area (Å²) in [6.07, 6.45) is 11.9. The first-order chi connectivity index (χ1) is 7.25. The van der Waals surface area contributed by atoms with Gasteiger partial charge >= 0.3 is 0 Å². The molecule has 1 heteroatoms. The van der Waals surface area contributed by atoms with Gasteiger partial charge in [-0.15, -0.1) is 0 Å². The normalized spacial score (nSPS) is 42.6. The maximum Gasteiger partial charge on any atom is 0.00982 e. The highest BCUT2D eigenvalue weighted by atomic mass is 14.9. The van der Waals surface area contributed by atoms with Gasteiger partial charge in [-0.25, -0.2) is 0 Å². The molecule has 3 rings (SSSR count). The highest BCUT2D eigenvalue weighted by Gasteiger charge is 2.40. The van der Waals surface area contributed by atoms with E-state index in [4.69, 9.17) is 0 Å². The summed E-state index contributed by atoms with van der Waals surface area (Å²) in [6, 6.07) is 0.890. The van der Waals surface area contributed by atoms with Gasteiger partial charge in [0.05, 0.1) is 0 Å². The van der Waals surface area contributed by atoms with Crippen LogP contribution in [0.5, 0.6) is 0 Å². The van der Waals surface area contributed by atoms with Crippen molar-refractivity contribution in [2.45, 2.75) is 64.3 Å². The molecule has 2 bridgehead atoms. The van der Waals surface area contributed by atoms with E-state index in [1.165, 1.54) is 57.9 Å². The van der Waals surface area contributed by atoms with E-state index in [0.717, 1.165) is 17.9 Å². The number of nitrogens with one attached hydrogen (secondary N) is 1. The quantitative estimate of drug-likeness (QED) is 0.748. The van der Waals surface area contributed by atoms with Crippen LogP contribution in [0.4, 0.5) is 0 Å². The lowest BCUT2D eigenvalue weighted by Crippen LogP contribution is -2.40. The van der Waals surface area contributed by atoms with Crippen LogP contribution in [-0.4, -0.2) is 12.6 Å². The monoisotopic (exact) mass is 207 g/mol. The van der Waals surface area contributed by atoms with E-state index >= 15 is 0 Å². The van der Waals surface area contributed by atoms with Gasteiger partial charge in [-0.2, -0.15) is 0 Å². The Kier molecular flexibility index (Phi) is 2.54. The summed E-state index contributed by atoms with van der Waals surface area (Å²) in [7, 11) is 0. The summed E-state index contributed by atoms with van der Waals surface area (Å²) in [5, 5.41) is 3.90. The van der Waals surface area contributed by atoms with E-state index in [0.29, 0.717) is 5.41 Å². The zero-order chi connectivity index (χ0) is 10.3. The minimum Gasteiger partial charge on any atom is -0.313 e. The Balaban J connectivity index is 1.50. The Bertz CT molecular complexity index is 229. The maximum atomic E-state index is 3.90. The molecule has 3 atom stereocenters. The van der Waals surface area contributed by atoms with Gasteiger partial charge in [-0.3, -0.25) is 0 Å². The predicted octanol–water partition coefficient (Wildman–Crippen LogP) is 3.34. The van der Waals surface area contributed by atoms with Crippen LogP contribution < -0.4 is 5.32 Å². The third-order valence-electron chi connectivity index (χ3n) is 5.34. The second kappa shape index (κ2) is 3.76. The van der Waals surface area contributed by atoms with Gasteiger partial charge in [-0.05, 0) is 49.4 Å². The third kappa shape index (κ3) is 1.95. The molecule has 0 aromatic heterocycles. The van der Waals surface area contributed by atoms with Crippen molar-refractivity contribution in [2.75, 3.05) is 6.54 Å². The van der Waals surface area contributed by atoms with Crippen molar-refractivity contribution >= 4 is 0 Å². The van der Waals surface area contributed by atoms with E-state index in [9.17, 15) is 0 Å². The standard InChI is InChI=1S/C14H25N/c1-14(6-2-3-7-14)10-15-13-9-11-4-5-12(13)8-11/h11-13,15H,2-10H2,1H3. The average molecular weight is 207 g/mol. The number of fused-ring (bicyclic) bond motifs is 2. The number of hydrogen-bond donors (Lipinski definition) is 1. The lowest BCUT2D eigenvalue weighted by molar-refractivity contribution is 0.264. The molecule has 3 fully saturated rings. The molecule has 0 aromatic carbocycles. The lowest BCUT2D eigenvalue weighted by atomic mass is 9.87. The molecule has 0 radical (unpaired) electrons. The van der Waals surface area contributed by atoms with Gasteiger partial charge in [0.25, 0.3) is 0 Å². The largest absolute Gasteiger partial charge is 0.313 e. The van der Waals surface area contributed by atoms with E-state index in [1.807, 2.05) is 0 Å². The van der Waals surface area contributed by atoms with E-state index < -0.39 is 0 Å². The summed E-state index contributed by atoms with van der Waals surface area (Å²) in [4.78, 5) is 0. The molecule has 1 nitrogen and oxygen atoms in total. The van der Waals surface area contributed by atoms with Crippen LogP contribution in [0.2, 0.25) is 0 Å². The summed E-state index contributed by atoms with van der Waals surface area (Å²) in [6.45, 7) is 3.78. The van der Waals surface area contributed by atoms with Crippen LogP contribution in [0.25, 0.3) is 0 Å². The summed E-state index contributed by atoms with van der Waals surface area (Å²) >= 11 is 0. The molecule has 3 aliphatic rings. The number of hydrogen-bond acceptors (Lipinski definition) is 1. The molecule has 0 aliphatic heterocycles. The molecule has 3 aliphatic carbocycles. The molecule has 3 saturated carbocycles. The highest BCUT2D eigenvalue weighted by molar-refractivity contribution is 4.95. The predicted molar refractivity (Wildman–Crippen MR) is 63.8 cm³/mol. The van der Waals surface area contributed by atoms with Gasteiger partial charge in [0.2, 0.25) is 0 Å². The van der Waals surface area contributed by atoms with Crippen molar-refractivity contribution in [3.8, 4) is 0 Å². The van der Waals surface area contributed by atoms with Crippen LogP contribution in [0, 0.1) is 17.3 Å². The lowest BCUT2D eigenvalue weighted by Gasteiger charge is -2.30. The molecule has 0 saturated heterocycles. The van der Waals surface area contributed by atoms with Gasteiger partial charge in [-0.1, -0.05) is 26.2 Å². The molecule has 86 valence electrons. The van der Waals surface area contributed by atoms with Crippen molar-refractivity contribution in [1.29, 1.82) is 0 Å². The summed E-state index contributed by atoms with van der Waals surface area (Å²) in [5.74, 6) is 2.13. The Hall–Kier alpha value is -0.0400. The fraction of sp³-hybridized carbons (Fsp3) is 1.00. The Morgan fingerprint density at radius 1 is 1.13 bits per heavy atom. The molecule has 15 heavy (non-hydrogen) atoms. The Labute approximate surface area is 94.0 Å². The molecule has 3 unspecified atom stereocenters. The minimum atomic E-state index is 0.641. The van der Waals surface area contributed by atoms with Crippen LogP contribution in [0.15, 0.2) is 0 Å². The van der Waals surface area contributed by atoms with E-state index in [2.05, 4.69) is 12.2 Å². The van der Waals surface area contributed by atoms with Crippen molar-refractivity contribution in [2.24, 2.45) is 17.3 Å². The van der Waals surface area contributed by atoms with Crippen molar-refractivity contribution in [3.63, 3.8) is 0 Å². The first-order valence-electron chi connectivity index (χ1n) is 6.99. The average Bonchev–Trinajstić information content (AvgIpc) is 2.90. The second-order valence-corrected chi connectivity index (χ2v) is 6.68. The molecule has 0 spiro atoms. The molecule has 0 heterocycles. The van der Waals surface area contributed by atoms with Crippen molar-refractivity contribution in [3.05, 3.63) is 0 Å². The SMILES string of the molecule is CC1(CNC2CC3CCC2C3)CCCC1. The highest BCUT2D eigenvalue weighted by Crippen LogP contribution is 2.45. The second-order valence-electron chi connectivity index (χ2n) is 6.68. The van der Waals surface area contributed by atoms with Crippen LogP contribution >= 0.6 is 0 Å². The van der Waals surface area contributed by atoms with Gasteiger partial charge in [0, 0.05) is 12.6 Å². The third-order valence-corrected chi connectivity index (χ3v) is 5.34. The smallest absolute Gasteiger partial charge is 0.00982 e. The van der Waals surface area contributed by atoms with Gasteiger partial charge in [0.1, 0.15) is 0 Å². The van der Waals surface area contributed by atoms with E-state index in [1.54, 1.807) is 0 Å². The number of rotatable bonds is 3. The molecule has 0 amide bonds. The molecular weight excluding hydrogens is 182 g/mol. The first kappa shape index (κ1) is 10.1. The molecule has 0 aromatic rings. The topological polar surface area (TPSA) is 12.0 Å². The Morgan fingerprint density at radius 3 is 2.53 bits per heavy atom. The minimum absolute atomic E-state index is 0.641. The summed E-state index contributed by atoms with van der Waals surface area (Å²) in [5.41, 5.74) is 0.641. The zero-order valence-electron chi connectivity index (χ0n) is 10.1. The molecule has 1 N–H and O–H groups in total. The fourth-order valence-electron chi connectivity index (χ4n) is 4.28. The zero-order valence-corrected chi connectivity index (χ0v) is 10.1. The van der Waals surface area contributed by atoms with Crippen molar-refractivity contribution in [1.82, 2.24) is 5.32 Å². The summed E-state index contributed by atoms with van der Waals surface area (Å²) < 4.78 is 0.